The fourth-order valence-corrected chi connectivity index (χ4v) is 6.82. The predicted molar refractivity (Wildman–Crippen MR) is 210 cm³/mol. The maximum atomic E-state index is 11.7. The maximum Gasteiger partial charge on any atom is 0.250 e. The van der Waals surface area contributed by atoms with Gasteiger partial charge in [0, 0.05) is 67.8 Å². The molecule has 4 aromatic rings. The van der Waals surface area contributed by atoms with Crippen LogP contribution in [0.25, 0.3) is 11.1 Å². The third-order valence-corrected chi connectivity index (χ3v) is 10.4. The van der Waals surface area contributed by atoms with Crippen molar-refractivity contribution in [2.75, 3.05) is 32.8 Å². The molecule has 2 atom stereocenters. The van der Waals surface area contributed by atoms with Gasteiger partial charge in [-0.1, -0.05) is 53.5 Å². The van der Waals surface area contributed by atoms with Crippen molar-refractivity contribution in [2.45, 2.75) is 64.0 Å². The molecule has 2 heterocycles. The van der Waals surface area contributed by atoms with Crippen molar-refractivity contribution in [1.29, 1.82) is 0 Å². The maximum absolute atomic E-state index is 11.7. The van der Waals surface area contributed by atoms with E-state index in [1.807, 2.05) is 43.3 Å². The van der Waals surface area contributed by atoms with Gasteiger partial charge in [0.15, 0.2) is 0 Å². The number of nitrogens with one attached hydrogen (secondary N) is 1. The van der Waals surface area contributed by atoms with E-state index < -0.39 is 23.7 Å². The van der Waals surface area contributed by atoms with Crippen molar-refractivity contribution in [3.8, 4) is 28.4 Å². The monoisotopic (exact) mass is 792 g/mol. The molecule has 1 aliphatic heterocycles. The van der Waals surface area contributed by atoms with Gasteiger partial charge in [-0.25, -0.2) is 0 Å². The fraction of sp³-hybridized carbons (Fsp3) is 0.366. The number of likely N-dealkylation sites (tertiary alicyclic amines) is 1. The summed E-state index contributed by atoms with van der Waals surface area (Å²) in [5, 5.41) is 24.1. The lowest BCUT2D eigenvalue weighted by atomic mass is 9.96. The van der Waals surface area contributed by atoms with E-state index in [0.717, 1.165) is 48.1 Å². The summed E-state index contributed by atoms with van der Waals surface area (Å²) < 4.78 is 18.5. The molecule has 55 heavy (non-hydrogen) atoms. The van der Waals surface area contributed by atoms with Gasteiger partial charge in [0.2, 0.25) is 5.91 Å². The van der Waals surface area contributed by atoms with Gasteiger partial charge in [-0.05, 0) is 61.6 Å². The molecule has 1 saturated heterocycles. The van der Waals surface area contributed by atoms with Crippen LogP contribution < -0.4 is 25.3 Å². The lowest BCUT2D eigenvalue weighted by molar-refractivity contribution is -0.114. The number of benzene rings is 3. The number of rotatable bonds is 20. The van der Waals surface area contributed by atoms with E-state index in [4.69, 9.17) is 43.1 Å². The van der Waals surface area contributed by atoms with Gasteiger partial charge in [0.1, 0.15) is 43.0 Å². The minimum Gasteiger partial charge on any atom is -0.492 e. The Bertz CT molecular complexity index is 2000. The summed E-state index contributed by atoms with van der Waals surface area (Å²) in [6.07, 6.45) is 5.81. The molecule has 1 aliphatic rings. The van der Waals surface area contributed by atoms with Gasteiger partial charge in [0.05, 0.1) is 40.0 Å². The lowest BCUT2D eigenvalue weighted by Crippen LogP contribution is -2.46. The molecule has 0 aliphatic carbocycles. The second kappa shape index (κ2) is 18.9. The molecule has 0 saturated carbocycles. The third-order valence-electron chi connectivity index (χ3n) is 9.69. The van der Waals surface area contributed by atoms with Crippen LogP contribution in [0.4, 0.5) is 0 Å². The number of hydrogen-bond donors (Lipinski definition) is 4. The van der Waals surface area contributed by atoms with Gasteiger partial charge in [-0.3, -0.25) is 15.1 Å². The quantitative estimate of drug-likeness (QED) is 0.0662. The number of amides is 1. The smallest absolute Gasteiger partial charge is 0.250 e. The van der Waals surface area contributed by atoms with Gasteiger partial charge >= 0.3 is 0 Å². The second-order valence-corrected chi connectivity index (χ2v) is 14.8. The third kappa shape index (κ3) is 10.8. The highest BCUT2D eigenvalue weighted by Gasteiger charge is 2.35. The molecule has 1 aromatic heterocycles. The Morgan fingerprint density at radius 1 is 1.02 bits per heavy atom. The summed E-state index contributed by atoms with van der Waals surface area (Å²) in [4.78, 5) is 40.4. The van der Waals surface area contributed by atoms with Crippen molar-refractivity contribution in [3.63, 3.8) is 0 Å². The number of pyridine rings is 1. The Morgan fingerprint density at radius 2 is 1.78 bits per heavy atom. The molecule has 3 aromatic carbocycles. The average molecular weight is 794 g/mol. The first-order chi connectivity index (χ1) is 26.4. The van der Waals surface area contributed by atoms with Gasteiger partial charge in [0.25, 0.3) is 0 Å². The summed E-state index contributed by atoms with van der Waals surface area (Å²) in [5.41, 5.74) is 8.31. The van der Waals surface area contributed by atoms with Crippen molar-refractivity contribution in [3.05, 3.63) is 105 Å². The van der Waals surface area contributed by atoms with E-state index in [1.165, 1.54) is 6.20 Å². The normalized spacial score (nSPS) is 16.7. The van der Waals surface area contributed by atoms with Crippen LogP contribution in [0, 0.1) is 6.92 Å². The van der Waals surface area contributed by atoms with Crippen LogP contribution in [0.5, 0.6) is 17.2 Å². The number of hydrogen-bond acceptors (Lipinski definition) is 11. The zero-order valence-corrected chi connectivity index (χ0v) is 32.4. The standard InChI is InChI=1S/C41H46Cl2N4O8/c1-27-29(6-3-7-32(27)33-8-4-9-35(38(33)43)53-15-5-12-47-13-10-41(52,24-47)11-14-48)23-55-37-18-36(54-22-28-16-31(39(44)51)20-45-19-28)30(17-34(37)42)21-46-40(2,25-49)26-50/h3-4,6-9,14,16-20,25,46,50,52H,5,10-13,15,21-24,26H2,1-2H3,(H2,44,51)/t40-,41?/m1/s1. The van der Waals surface area contributed by atoms with E-state index in [9.17, 15) is 24.6 Å². The minimum atomic E-state index is -1.18. The summed E-state index contributed by atoms with van der Waals surface area (Å²) in [5.74, 6) is 0.707. The van der Waals surface area contributed by atoms with Crippen molar-refractivity contribution in [1.82, 2.24) is 15.2 Å². The van der Waals surface area contributed by atoms with Crippen LogP contribution >= 0.6 is 23.2 Å². The van der Waals surface area contributed by atoms with E-state index in [2.05, 4.69) is 15.2 Å². The van der Waals surface area contributed by atoms with E-state index >= 15 is 0 Å². The van der Waals surface area contributed by atoms with Gasteiger partial charge in [-0.2, -0.15) is 0 Å². The first-order valence-corrected chi connectivity index (χ1v) is 18.7. The molecule has 292 valence electrons. The number of aliphatic hydroxyl groups is 2. The molecule has 0 spiro atoms. The first kappa shape index (κ1) is 41.6. The topological polar surface area (TPSA) is 174 Å². The van der Waals surface area contributed by atoms with Crippen molar-refractivity contribution in [2.24, 2.45) is 5.73 Å². The number of ether oxygens (including phenoxy) is 3. The van der Waals surface area contributed by atoms with Crippen molar-refractivity contribution < 1.29 is 38.8 Å². The SMILES string of the molecule is Cc1c(COc2cc(OCc3cncc(C(N)=O)c3)c(CN[C@](C)(C=O)CO)cc2Cl)cccc1-c1cccc(OCCCN2CCC(O)(CC=O)C2)c1Cl. The van der Waals surface area contributed by atoms with Crippen molar-refractivity contribution >= 4 is 41.7 Å². The Balaban J connectivity index is 1.29. The van der Waals surface area contributed by atoms with E-state index in [-0.39, 0.29) is 31.7 Å². The number of aliphatic hydroxyl groups excluding tert-OH is 1. The number of aldehydes is 2. The predicted octanol–water partition coefficient (Wildman–Crippen LogP) is 5.45. The zero-order chi connectivity index (χ0) is 39.6. The number of aromatic nitrogens is 1. The number of nitrogens with two attached hydrogens (primary N) is 1. The molecule has 5 rings (SSSR count). The molecule has 1 unspecified atom stereocenters. The molecule has 14 heteroatoms. The summed E-state index contributed by atoms with van der Waals surface area (Å²) in [6.45, 7) is 5.90. The molecule has 1 amide bonds. The largest absolute Gasteiger partial charge is 0.492 e. The zero-order valence-electron chi connectivity index (χ0n) is 30.9. The first-order valence-electron chi connectivity index (χ1n) is 17.9. The molecule has 12 nitrogen and oxygen atoms in total. The number of primary amides is 1. The highest BCUT2D eigenvalue weighted by Crippen LogP contribution is 2.39. The van der Waals surface area contributed by atoms with E-state index in [0.29, 0.717) is 64.3 Å². The Kier molecular flexibility index (Phi) is 14.3. The lowest BCUT2D eigenvalue weighted by Gasteiger charge is -2.23. The highest BCUT2D eigenvalue weighted by atomic mass is 35.5. The molecule has 5 N–H and O–H groups in total. The van der Waals surface area contributed by atoms with Gasteiger partial charge in [-0.15, -0.1) is 0 Å². The summed E-state index contributed by atoms with van der Waals surface area (Å²) in [6, 6.07) is 16.5. The van der Waals surface area contributed by atoms with Crippen LogP contribution in [0.1, 0.15) is 58.8 Å². The van der Waals surface area contributed by atoms with Crippen LogP contribution in [-0.2, 0) is 29.3 Å². The summed E-state index contributed by atoms with van der Waals surface area (Å²) >= 11 is 13.6. The van der Waals surface area contributed by atoms with Crippen LogP contribution in [0.15, 0.2) is 67.0 Å². The molecule has 0 bridgehead atoms. The number of nitrogens with zero attached hydrogens (tertiary/aromatic N) is 2. The second-order valence-electron chi connectivity index (χ2n) is 14.0. The molecule has 0 radical (unpaired) electrons. The fourth-order valence-electron chi connectivity index (χ4n) is 6.29. The van der Waals surface area contributed by atoms with Crippen LogP contribution in [0.2, 0.25) is 10.0 Å². The van der Waals surface area contributed by atoms with E-state index in [1.54, 1.807) is 31.3 Å². The summed E-state index contributed by atoms with van der Waals surface area (Å²) in [7, 11) is 0. The molecular formula is C41H46Cl2N4O8. The molecular weight excluding hydrogens is 747 g/mol. The van der Waals surface area contributed by atoms with Gasteiger partial charge < -0.3 is 44.6 Å². The minimum absolute atomic E-state index is 0.0447. The molecule has 1 fully saturated rings. The number of carbonyl (C=O) groups excluding carboxylic acids is 3. The number of halogens is 2. The highest BCUT2D eigenvalue weighted by molar-refractivity contribution is 6.35. The number of β-amino-alcohol motifs (C(OH)–C–C–N with tert-alkyl or cyclic N) is 1. The Morgan fingerprint density at radius 3 is 2.53 bits per heavy atom. The van der Waals surface area contributed by atoms with Crippen LogP contribution in [0.3, 0.4) is 0 Å². The van der Waals surface area contributed by atoms with Crippen LogP contribution in [-0.4, -0.2) is 82.6 Å². The Labute approximate surface area is 330 Å². The Hall–Kier alpha value is -4.56. The number of carbonyl (C=O) groups is 3. The average Bonchev–Trinajstić information content (AvgIpc) is 3.55.